The Balaban J connectivity index is 1.32. The van der Waals surface area contributed by atoms with Gasteiger partial charge in [0.05, 0.1) is 0 Å². The summed E-state index contributed by atoms with van der Waals surface area (Å²) in [7, 11) is 0. The Morgan fingerprint density at radius 2 is 0.300 bits per heavy atom. The number of nitrogens with one attached hydrogen (secondary N) is 6. The molecule has 0 bridgehead atoms. The van der Waals surface area contributed by atoms with Gasteiger partial charge in [0.15, 0.2) is 0 Å². The quantitative estimate of drug-likeness (QED) is 0.0367. The summed E-state index contributed by atoms with van der Waals surface area (Å²) in [5.41, 5.74) is 15.9. The van der Waals surface area contributed by atoms with Crippen molar-refractivity contribution >= 4 is 0 Å². The number of hydrogen-bond acceptors (Lipinski definition) is 6. The Morgan fingerprint density at radius 1 is 0.167 bits per heavy atom. The maximum absolute atomic E-state index is 3.91. The fourth-order valence-corrected chi connectivity index (χ4v) is 7.94. The minimum atomic E-state index is 0.745. The molecule has 0 amide bonds. The Bertz CT molecular complexity index is 1810. The highest BCUT2D eigenvalue weighted by atomic mass is 14.9. The predicted molar refractivity (Wildman–Crippen MR) is 248 cm³/mol. The van der Waals surface area contributed by atoms with Crippen LogP contribution in [0.4, 0.5) is 0 Å². The molecule has 6 heteroatoms. The number of hydrogen-bond donors (Lipinski definition) is 6. The summed E-state index contributed by atoms with van der Waals surface area (Å²) in [5, 5.41) is 23.4. The smallest absolute Gasteiger partial charge is 0.0215 e. The fraction of sp³-hybridized carbons (Fsp3) is 0.222. The summed E-state index contributed by atoms with van der Waals surface area (Å²) < 4.78 is 0. The third kappa shape index (κ3) is 13.2. The highest BCUT2D eigenvalue weighted by Gasteiger charge is 2.23. The summed E-state index contributed by atoms with van der Waals surface area (Å²) in [6.45, 7) is 9.21. The van der Waals surface area contributed by atoms with Crippen molar-refractivity contribution in [2.45, 2.75) is 78.5 Å². The first-order valence-electron chi connectivity index (χ1n) is 21.4. The second kappa shape index (κ2) is 23.8. The van der Waals surface area contributed by atoms with Gasteiger partial charge in [-0.05, 0) is 66.8 Å². The van der Waals surface area contributed by atoms with E-state index in [0.717, 1.165) is 78.5 Å². The molecule has 6 nitrogen and oxygen atoms in total. The summed E-state index contributed by atoms with van der Waals surface area (Å²) in [6, 6.07) is 64.5. The lowest BCUT2D eigenvalue weighted by molar-refractivity contribution is 0.596. The molecule has 7 aromatic rings. The normalized spacial score (nSPS) is 11.2. The molecule has 306 valence electrons. The molecule has 60 heavy (non-hydrogen) atoms. The first-order chi connectivity index (χ1) is 29.8. The SMILES string of the molecule is c1ccc(CNCc2c(CNCc3ccccc3)c(CNCc3ccccc3)c(CNCc3ccccc3)c(CNCc3ccccc3)c2CNCc2ccccc2)cc1. The van der Waals surface area contributed by atoms with Crippen LogP contribution in [0, 0.1) is 0 Å². The van der Waals surface area contributed by atoms with Crippen LogP contribution in [-0.4, -0.2) is 0 Å². The van der Waals surface area contributed by atoms with E-state index in [1.54, 1.807) is 0 Å². The van der Waals surface area contributed by atoms with Gasteiger partial charge in [0, 0.05) is 78.5 Å². The minimum absolute atomic E-state index is 0.745. The van der Waals surface area contributed by atoms with Crippen molar-refractivity contribution in [1.82, 2.24) is 31.9 Å². The van der Waals surface area contributed by atoms with E-state index >= 15 is 0 Å². The lowest BCUT2D eigenvalue weighted by atomic mass is 9.85. The third-order valence-corrected chi connectivity index (χ3v) is 11.0. The van der Waals surface area contributed by atoms with Crippen LogP contribution in [0.2, 0.25) is 0 Å². The molecular weight excluding hydrogens is 733 g/mol. The predicted octanol–water partition coefficient (Wildman–Crippen LogP) is 9.43. The standard InChI is InChI=1S/C54H60N6/c1-7-19-43(20-8-1)31-55-37-49-50(38-56-32-44-21-9-2-10-22-44)52(40-58-34-46-25-13-4-14-26-46)54(42-60-36-48-29-17-6-18-30-48)53(41-59-35-47-27-15-5-16-28-47)51(49)39-57-33-45-23-11-3-12-24-45/h1-30,55-60H,31-42H2. The van der Waals surface area contributed by atoms with Gasteiger partial charge in [-0.1, -0.05) is 182 Å². The van der Waals surface area contributed by atoms with E-state index in [9.17, 15) is 0 Å². The molecule has 0 radical (unpaired) electrons. The molecule has 0 atom stereocenters. The zero-order valence-electron chi connectivity index (χ0n) is 34.8. The zero-order chi connectivity index (χ0) is 40.9. The van der Waals surface area contributed by atoms with Crippen molar-refractivity contribution in [3.8, 4) is 0 Å². The maximum Gasteiger partial charge on any atom is 0.0215 e. The maximum atomic E-state index is 3.91. The van der Waals surface area contributed by atoms with Gasteiger partial charge in [-0.25, -0.2) is 0 Å². The van der Waals surface area contributed by atoms with Crippen molar-refractivity contribution in [2.75, 3.05) is 0 Å². The van der Waals surface area contributed by atoms with Crippen LogP contribution in [-0.2, 0) is 78.5 Å². The Labute approximate surface area is 357 Å². The lowest BCUT2D eigenvalue weighted by Gasteiger charge is -2.29. The molecule has 0 unspecified atom stereocenters. The minimum Gasteiger partial charge on any atom is -0.309 e. The van der Waals surface area contributed by atoms with E-state index in [1.807, 2.05) is 0 Å². The van der Waals surface area contributed by atoms with E-state index in [1.165, 1.54) is 66.8 Å². The second-order valence-electron chi connectivity index (χ2n) is 15.4. The first-order valence-corrected chi connectivity index (χ1v) is 21.4. The van der Waals surface area contributed by atoms with Gasteiger partial charge < -0.3 is 31.9 Å². The average molecular weight is 793 g/mol. The van der Waals surface area contributed by atoms with Crippen molar-refractivity contribution in [1.29, 1.82) is 0 Å². The van der Waals surface area contributed by atoms with Crippen LogP contribution in [0.1, 0.15) is 66.8 Å². The summed E-state index contributed by atoms with van der Waals surface area (Å²) in [5.74, 6) is 0. The third-order valence-electron chi connectivity index (χ3n) is 11.0. The summed E-state index contributed by atoms with van der Waals surface area (Å²) in [6.07, 6.45) is 0. The second-order valence-corrected chi connectivity index (χ2v) is 15.4. The van der Waals surface area contributed by atoms with Crippen molar-refractivity contribution in [3.05, 3.63) is 249 Å². The molecule has 0 fully saturated rings. The fourth-order valence-electron chi connectivity index (χ4n) is 7.94. The Kier molecular flexibility index (Phi) is 16.8. The van der Waals surface area contributed by atoms with Gasteiger partial charge in [-0.15, -0.1) is 0 Å². The molecule has 0 aliphatic carbocycles. The van der Waals surface area contributed by atoms with Gasteiger partial charge in [0.2, 0.25) is 0 Å². The molecule has 0 heterocycles. The van der Waals surface area contributed by atoms with Crippen LogP contribution >= 0.6 is 0 Å². The van der Waals surface area contributed by atoms with Gasteiger partial charge in [-0.3, -0.25) is 0 Å². The first kappa shape index (κ1) is 42.4. The summed E-state index contributed by atoms with van der Waals surface area (Å²) >= 11 is 0. The molecule has 0 saturated carbocycles. The van der Waals surface area contributed by atoms with E-state index in [4.69, 9.17) is 0 Å². The molecular formula is C54H60N6. The van der Waals surface area contributed by atoms with E-state index in [-0.39, 0.29) is 0 Å². The highest BCUT2D eigenvalue weighted by molar-refractivity contribution is 5.53. The van der Waals surface area contributed by atoms with Crippen LogP contribution in [0.5, 0.6) is 0 Å². The van der Waals surface area contributed by atoms with Gasteiger partial charge >= 0.3 is 0 Å². The molecule has 0 saturated heterocycles. The molecule has 7 rings (SSSR count). The highest BCUT2D eigenvalue weighted by Crippen LogP contribution is 2.31. The monoisotopic (exact) mass is 792 g/mol. The lowest BCUT2D eigenvalue weighted by Crippen LogP contribution is -2.30. The van der Waals surface area contributed by atoms with Crippen LogP contribution < -0.4 is 31.9 Å². The molecule has 0 aromatic heterocycles. The molecule has 0 aliphatic heterocycles. The average Bonchev–Trinajstić information content (AvgIpc) is 3.30. The van der Waals surface area contributed by atoms with E-state index < -0.39 is 0 Å². The number of rotatable bonds is 24. The Hall–Kier alpha value is -5.70. The summed E-state index contributed by atoms with van der Waals surface area (Å²) in [4.78, 5) is 0. The van der Waals surface area contributed by atoms with Crippen molar-refractivity contribution in [2.24, 2.45) is 0 Å². The molecule has 0 aliphatic rings. The van der Waals surface area contributed by atoms with Gasteiger partial charge in [0.1, 0.15) is 0 Å². The molecule has 0 spiro atoms. The number of benzene rings is 7. The zero-order valence-corrected chi connectivity index (χ0v) is 34.8. The van der Waals surface area contributed by atoms with Crippen LogP contribution in [0.3, 0.4) is 0 Å². The van der Waals surface area contributed by atoms with Gasteiger partial charge in [0.25, 0.3) is 0 Å². The Morgan fingerprint density at radius 3 is 0.433 bits per heavy atom. The van der Waals surface area contributed by atoms with Crippen LogP contribution in [0.25, 0.3) is 0 Å². The van der Waals surface area contributed by atoms with Crippen LogP contribution in [0.15, 0.2) is 182 Å². The van der Waals surface area contributed by atoms with E-state index in [2.05, 4.69) is 214 Å². The molecule has 6 N–H and O–H groups in total. The van der Waals surface area contributed by atoms with E-state index in [0.29, 0.717) is 0 Å². The van der Waals surface area contributed by atoms with Crippen molar-refractivity contribution in [3.63, 3.8) is 0 Å². The molecule has 7 aromatic carbocycles. The van der Waals surface area contributed by atoms with Crippen molar-refractivity contribution < 1.29 is 0 Å². The largest absolute Gasteiger partial charge is 0.309 e. The topological polar surface area (TPSA) is 72.2 Å². The van der Waals surface area contributed by atoms with Gasteiger partial charge in [-0.2, -0.15) is 0 Å².